The summed E-state index contributed by atoms with van der Waals surface area (Å²) in [5.41, 5.74) is 3.88. The average molecular weight is 796 g/mol. The van der Waals surface area contributed by atoms with Gasteiger partial charge in [0.2, 0.25) is 10.0 Å². The van der Waals surface area contributed by atoms with Crippen LogP contribution in [0.4, 0.5) is 26.1 Å². The highest BCUT2D eigenvalue weighted by molar-refractivity contribution is 7.89. The highest BCUT2D eigenvalue weighted by Gasteiger charge is 2.49. The van der Waals surface area contributed by atoms with Gasteiger partial charge in [-0.1, -0.05) is 13.0 Å². The number of alkyl halides is 1. The van der Waals surface area contributed by atoms with Crippen LogP contribution in [0.15, 0.2) is 30.3 Å². The second kappa shape index (κ2) is 15.6. The van der Waals surface area contributed by atoms with E-state index in [4.69, 9.17) is 24.2 Å². The number of halogens is 2. The van der Waals surface area contributed by atoms with Gasteiger partial charge in [-0.3, -0.25) is 9.58 Å². The maximum atomic E-state index is 15.3. The minimum Gasteiger partial charge on any atom is -0.467 e. The number of nitrogens with zero attached hydrogens (tertiary/aromatic N) is 8. The van der Waals surface area contributed by atoms with Crippen LogP contribution in [0.2, 0.25) is 0 Å². The lowest BCUT2D eigenvalue weighted by atomic mass is 9.95. The monoisotopic (exact) mass is 795 g/mol. The van der Waals surface area contributed by atoms with Gasteiger partial charge in [0.15, 0.2) is 6.79 Å². The van der Waals surface area contributed by atoms with Crippen LogP contribution in [0, 0.1) is 5.82 Å². The maximum Gasteiger partial charge on any atom is 0.318 e. The number of fused-ring (bicyclic) bond motifs is 4. The fourth-order valence-corrected chi connectivity index (χ4v) is 9.45. The Morgan fingerprint density at radius 1 is 1.04 bits per heavy atom. The summed E-state index contributed by atoms with van der Waals surface area (Å²) >= 11 is 0. The number of anilines is 3. The maximum absolute atomic E-state index is 15.3. The van der Waals surface area contributed by atoms with E-state index in [0.29, 0.717) is 82.3 Å². The fraction of sp³-hybridized carbons (Fsp3) is 0.564. The van der Waals surface area contributed by atoms with Crippen molar-refractivity contribution in [3.05, 3.63) is 58.7 Å². The average Bonchev–Trinajstić information content (AvgIpc) is 3.81. The largest absolute Gasteiger partial charge is 0.467 e. The molecule has 0 amide bonds. The molecule has 0 spiro atoms. The molecule has 4 aromatic rings. The van der Waals surface area contributed by atoms with Gasteiger partial charge in [-0.2, -0.15) is 15.1 Å². The standard InChI is InChI=1S/C39H51F2N9O5S/c1-5-30-32(41)9-8-26-16-29(55-25-53-4)18-34(36(26)30)47-15-10-31-33(22-47)43-38(54-23-39-11-6-13-49(39)20-27(40)19-39)44-37(31)48-12-7-14-50-28(21-48)17-35(45-50)42-24-56(51,52)46(2)3/h8-9,16-18,27H,5-7,10-15,19-25H2,1-4H3,(H,42,45)/t27-,39+/m1/s1. The normalized spacial score (nSPS) is 21.3. The van der Waals surface area contributed by atoms with Crippen LogP contribution in [0.1, 0.15) is 55.1 Å². The number of ether oxygens (including phenoxy) is 3. The Balaban J connectivity index is 1.15. The molecule has 4 aliphatic heterocycles. The Morgan fingerprint density at radius 3 is 2.70 bits per heavy atom. The van der Waals surface area contributed by atoms with Crippen molar-refractivity contribution in [1.82, 2.24) is 29.0 Å². The Hall–Kier alpha value is -4.32. The van der Waals surface area contributed by atoms with Crippen molar-refractivity contribution in [3.8, 4) is 11.8 Å². The fourth-order valence-electron chi connectivity index (χ4n) is 8.86. The third-order valence-corrected chi connectivity index (χ3v) is 13.3. The molecule has 6 heterocycles. The van der Waals surface area contributed by atoms with E-state index in [9.17, 15) is 12.8 Å². The summed E-state index contributed by atoms with van der Waals surface area (Å²) < 4.78 is 75.7. The Kier molecular flexibility index (Phi) is 10.7. The van der Waals surface area contributed by atoms with Gasteiger partial charge in [0.1, 0.15) is 41.9 Å². The van der Waals surface area contributed by atoms with Crippen LogP contribution >= 0.6 is 0 Å². The molecule has 2 fully saturated rings. The summed E-state index contributed by atoms with van der Waals surface area (Å²) in [7, 11) is 1.11. The van der Waals surface area contributed by atoms with E-state index in [1.54, 1.807) is 13.2 Å². The number of aryl methyl sites for hydroxylation is 2. The molecule has 0 saturated carbocycles. The summed E-state index contributed by atoms with van der Waals surface area (Å²) in [6.07, 6.45) is 3.36. The molecule has 17 heteroatoms. The SMILES string of the molecule is CCc1c(F)ccc2cc(OCOC)cc(N3CCc4c(nc(OC[C@@]56CCCN5C[C@H](F)C6)nc4N4CCCn5nc(NCS(=O)(=O)N(C)C)cc5C4)C3)c12. The first-order valence-electron chi connectivity index (χ1n) is 19.5. The molecule has 0 radical (unpaired) electrons. The molecular formula is C39H51F2N9O5S. The van der Waals surface area contributed by atoms with Crippen molar-refractivity contribution in [2.45, 2.75) is 76.8 Å². The van der Waals surface area contributed by atoms with Gasteiger partial charge in [-0.25, -0.2) is 21.5 Å². The molecule has 2 saturated heterocycles. The quantitative estimate of drug-likeness (QED) is 0.189. The van der Waals surface area contributed by atoms with Crippen LogP contribution in [0.3, 0.4) is 0 Å². The third kappa shape index (κ3) is 7.45. The van der Waals surface area contributed by atoms with Gasteiger partial charge in [0.25, 0.3) is 0 Å². The van der Waals surface area contributed by atoms with Crippen LogP contribution in [0.5, 0.6) is 11.8 Å². The summed E-state index contributed by atoms with van der Waals surface area (Å²) in [6, 6.07) is 9.32. The Bertz CT molecular complexity index is 2200. The second-order valence-electron chi connectivity index (χ2n) is 15.5. The first-order chi connectivity index (χ1) is 27.0. The van der Waals surface area contributed by atoms with E-state index in [1.807, 2.05) is 29.8 Å². The molecule has 56 heavy (non-hydrogen) atoms. The zero-order chi connectivity index (χ0) is 39.2. The van der Waals surface area contributed by atoms with E-state index in [-0.39, 0.29) is 30.0 Å². The van der Waals surface area contributed by atoms with Crippen LogP contribution in [-0.2, 0) is 47.2 Å². The summed E-state index contributed by atoms with van der Waals surface area (Å²) in [5, 5.41) is 9.38. The molecule has 1 N–H and O–H groups in total. The van der Waals surface area contributed by atoms with E-state index >= 15 is 4.39 Å². The molecule has 2 aromatic carbocycles. The molecule has 4 aliphatic rings. The minimum absolute atomic E-state index is 0.0798. The van der Waals surface area contributed by atoms with E-state index in [1.165, 1.54) is 24.5 Å². The lowest BCUT2D eigenvalue weighted by molar-refractivity contribution is 0.0512. The third-order valence-electron chi connectivity index (χ3n) is 11.7. The Labute approximate surface area is 326 Å². The number of nitrogens with one attached hydrogen (secondary N) is 1. The molecule has 0 bridgehead atoms. The summed E-state index contributed by atoms with van der Waals surface area (Å²) in [4.78, 5) is 16.8. The molecule has 0 unspecified atom stereocenters. The predicted octanol–water partition coefficient (Wildman–Crippen LogP) is 4.70. The van der Waals surface area contributed by atoms with E-state index in [0.717, 1.165) is 65.0 Å². The topological polar surface area (TPSA) is 130 Å². The van der Waals surface area contributed by atoms with Gasteiger partial charge >= 0.3 is 6.01 Å². The van der Waals surface area contributed by atoms with Crippen molar-refractivity contribution in [1.29, 1.82) is 0 Å². The van der Waals surface area contributed by atoms with Crippen LogP contribution in [0.25, 0.3) is 10.8 Å². The van der Waals surface area contributed by atoms with Crippen molar-refractivity contribution >= 4 is 38.1 Å². The second-order valence-corrected chi connectivity index (χ2v) is 17.7. The smallest absolute Gasteiger partial charge is 0.318 e. The van der Waals surface area contributed by atoms with Gasteiger partial charge in [-0.05, 0) is 61.7 Å². The molecule has 2 atom stereocenters. The van der Waals surface area contributed by atoms with Crippen molar-refractivity contribution < 1.29 is 31.4 Å². The Morgan fingerprint density at radius 2 is 1.89 bits per heavy atom. The van der Waals surface area contributed by atoms with Crippen LogP contribution < -0.4 is 24.6 Å². The number of hydrogen-bond donors (Lipinski definition) is 1. The van der Waals surface area contributed by atoms with Crippen molar-refractivity contribution in [3.63, 3.8) is 0 Å². The summed E-state index contributed by atoms with van der Waals surface area (Å²) in [6.45, 7) is 6.53. The molecule has 0 aliphatic carbocycles. The lowest BCUT2D eigenvalue weighted by Crippen LogP contribution is -2.43. The van der Waals surface area contributed by atoms with Gasteiger partial charge < -0.3 is 29.3 Å². The number of rotatable bonds is 13. The van der Waals surface area contributed by atoms with Crippen LogP contribution in [-0.4, -0.2) is 116 Å². The van der Waals surface area contributed by atoms with E-state index in [2.05, 4.69) is 25.1 Å². The van der Waals surface area contributed by atoms with Crippen molar-refractivity contribution in [2.24, 2.45) is 0 Å². The molecular weight excluding hydrogens is 745 g/mol. The zero-order valence-corrected chi connectivity index (χ0v) is 33.4. The van der Waals surface area contributed by atoms with Gasteiger partial charge in [0.05, 0.1) is 30.0 Å². The molecule has 14 nitrogen and oxygen atoms in total. The number of hydrogen-bond acceptors (Lipinski definition) is 12. The number of methoxy groups -OCH3 is 1. The lowest BCUT2D eigenvalue weighted by Gasteiger charge is -2.35. The predicted molar refractivity (Wildman–Crippen MR) is 210 cm³/mol. The van der Waals surface area contributed by atoms with Gasteiger partial charge in [-0.15, -0.1) is 0 Å². The highest BCUT2D eigenvalue weighted by Crippen LogP contribution is 2.42. The zero-order valence-electron chi connectivity index (χ0n) is 32.6. The molecule has 2 aromatic heterocycles. The van der Waals surface area contributed by atoms with Gasteiger partial charge in [0, 0.05) is 82.6 Å². The number of aromatic nitrogens is 4. The highest BCUT2D eigenvalue weighted by atomic mass is 32.2. The number of benzene rings is 2. The van der Waals surface area contributed by atoms with E-state index < -0.39 is 16.2 Å². The molecule has 302 valence electrons. The first kappa shape index (κ1) is 38.5. The van der Waals surface area contributed by atoms with Crippen molar-refractivity contribution in [2.75, 3.05) is 81.8 Å². The first-order valence-corrected chi connectivity index (χ1v) is 21.1. The molecule has 8 rings (SSSR count). The number of sulfonamides is 1. The minimum atomic E-state index is -3.47. The summed E-state index contributed by atoms with van der Waals surface area (Å²) in [5.74, 6) is 1.39.